The SMILES string of the molecule is COc1cc(O)c2c(c1)OCc1cc(O)ccc1-2. The number of fused-ring (bicyclic) bond motifs is 3. The van der Waals surface area contributed by atoms with Crippen LogP contribution >= 0.6 is 0 Å². The summed E-state index contributed by atoms with van der Waals surface area (Å²) < 4.78 is 10.7. The first-order valence-electron chi connectivity index (χ1n) is 5.55. The second-order valence-corrected chi connectivity index (χ2v) is 4.15. The van der Waals surface area contributed by atoms with Crippen molar-refractivity contribution >= 4 is 0 Å². The molecule has 0 amide bonds. The third-order valence-electron chi connectivity index (χ3n) is 3.03. The molecule has 92 valence electrons. The summed E-state index contributed by atoms with van der Waals surface area (Å²) in [6, 6.07) is 8.30. The van der Waals surface area contributed by atoms with Crippen molar-refractivity contribution in [1.29, 1.82) is 0 Å². The Labute approximate surface area is 104 Å². The monoisotopic (exact) mass is 244 g/mol. The standard InChI is InChI=1S/C14H12O4/c1-17-10-5-12(16)14-11-3-2-9(15)4-8(11)7-18-13(14)6-10/h2-6,15-16H,7H2,1H3. The highest BCUT2D eigenvalue weighted by atomic mass is 16.5. The molecule has 0 fully saturated rings. The Bertz CT molecular complexity index is 619. The summed E-state index contributed by atoms with van der Waals surface area (Å²) in [5.41, 5.74) is 2.36. The third kappa shape index (κ3) is 1.54. The van der Waals surface area contributed by atoms with Crippen molar-refractivity contribution in [2.75, 3.05) is 7.11 Å². The van der Waals surface area contributed by atoms with Gasteiger partial charge >= 0.3 is 0 Å². The lowest BCUT2D eigenvalue weighted by molar-refractivity contribution is 0.296. The average Bonchev–Trinajstić information content (AvgIpc) is 2.37. The first-order chi connectivity index (χ1) is 8.69. The van der Waals surface area contributed by atoms with Gasteiger partial charge in [-0.05, 0) is 17.7 Å². The Morgan fingerprint density at radius 1 is 1.17 bits per heavy atom. The Hall–Kier alpha value is -2.36. The molecule has 0 radical (unpaired) electrons. The van der Waals surface area contributed by atoms with Crippen LogP contribution in [0.25, 0.3) is 11.1 Å². The van der Waals surface area contributed by atoms with Gasteiger partial charge in [0.15, 0.2) is 0 Å². The minimum Gasteiger partial charge on any atom is -0.508 e. The molecule has 3 rings (SSSR count). The van der Waals surface area contributed by atoms with Gasteiger partial charge in [0, 0.05) is 17.7 Å². The number of benzene rings is 2. The van der Waals surface area contributed by atoms with E-state index in [0.29, 0.717) is 23.7 Å². The van der Waals surface area contributed by atoms with Gasteiger partial charge in [-0.2, -0.15) is 0 Å². The summed E-state index contributed by atoms with van der Waals surface area (Å²) >= 11 is 0. The highest BCUT2D eigenvalue weighted by molar-refractivity contribution is 5.81. The van der Waals surface area contributed by atoms with Gasteiger partial charge in [-0.15, -0.1) is 0 Å². The number of hydrogen-bond acceptors (Lipinski definition) is 4. The fraction of sp³-hybridized carbons (Fsp3) is 0.143. The van der Waals surface area contributed by atoms with Gasteiger partial charge in [-0.3, -0.25) is 0 Å². The molecule has 0 saturated heterocycles. The number of methoxy groups -OCH3 is 1. The van der Waals surface area contributed by atoms with Gasteiger partial charge in [-0.1, -0.05) is 6.07 Å². The molecule has 0 saturated carbocycles. The van der Waals surface area contributed by atoms with Crippen molar-refractivity contribution in [1.82, 2.24) is 0 Å². The van der Waals surface area contributed by atoms with E-state index in [0.717, 1.165) is 11.1 Å². The summed E-state index contributed by atoms with van der Waals surface area (Å²) in [6.45, 7) is 0.364. The average molecular weight is 244 g/mol. The van der Waals surface area contributed by atoms with Crippen LogP contribution in [0.1, 0.15) is 5.56 Å². The molecule has 18 heavy (non-hydrogen) atoms. The quantitative estimate of drug-likeness (QED) is 0.809. The predicted molar refractivity (Wildman–Crippen MR) is 66.1 cm³/mol. The maximum Gasteiger partial charge on any atom is 0.135 e. The van der Waals surface area contributed by atoms with Crippen LogP contribution in [-0.2, 0) is 6.61 Å². The Balaban J connectivity index is 2.24. The van der Waals surface area contributed by atoms with E-state index in [1.54, 1.807) is 30.3 Å². The number of ether oxygens (including phenoxy) is 2. The van der Waals surface area contributed by atoms with Crippen LogP contribution in [0, 0.1) is 0 Å². The summed E-state index contributed by atoms with van der Waals surface area (Å²) in [5, 5.41) is 19.5. The molecule has 1 aliphatic heterocycles. The van der Waals surface area contributed by atoms with Crippen LogP contribution in [0.4, 0.5) is 0 Å². The molecule has 2 aromatic rings. The molecule has 2 N–H and O–H groups in total. The third-order valence-corrected chi connectivity index (χ3v) is 3.03. The number of aromatic hydroxyl groups is 2. The van der Waals surface area contributed by atoms with Crippen LogP contribution in [0.15, 0.2) is 30.3 Å². The van der Waals surface area contributed by atoms with E-state index in [9.17, 15) is 10.2 Å². The highest BCUT2D eigenvalue weighted by Gasteiger charge is 2.22. The van der Waals surface area contributed by atoms with Crippen molar-refractivity contribution in [2.24, 2.45) is 0 Å². The van der Waals surface area contributed by atoms with Gasteiger partial charge < -0.3 is 19.7 Å². The van der Waals surface area contributed by atoms with E-state index in [1.807, 2.05) is 0 Å². The van der Waals surface area contributed by atoms with Crippen LogP contribution in [0.2, 0.25) is 0 Å². The summed E-state index contributed by atoms with van der Waals surface area (Å²) in [4.78, 5) is 0. The highest BCUT2D eigenvalue weighted by Crippen LogP contribution is 2.46. The van der Waals surface area contributed by atoms with Gasteiger partial charge in [0.2, 0.25) is 0 Å². The topological polar surface area (TPSA) is 58.9 Å². The van der Waals surface area contributed by atoms with Gasteiger partial charge in [0.1, 0.15) is 29.6 Å². The second-order valence-electron chi connectivity index (χ2n) is 4.15. The molecule has 0 unspecified atom stereocenters. The molecule has 4 heteroatoms. The smallest absolute Gasteiger partial charge is 0.135 e. The van der Waals surface area contributed by atoms with E-state index < -0.39 is 0 Å². The fourth-order valence-electron chi connectivity index (χ4n) is 2.18. The lowest BCUT2D eigenvalue weighted by atomic mass is 9.96. The van der Waals surface area contributed by atoms with Crippen LogP contribution in [-0.4, -0.2) is 17.3 Å². The van der Waals surface area contributed by atoms with Crippen molar-refractivity contribution in [2.45, 2.75) is 6.61 Å². The molecule has 0 atom stereocenters. The number of phenols is 2. The molecule has 1 aliphatic rings. The zero-order chi connectivity index (χ0) is 12.7. The predicted octanol–water partition coefficient (Wildman–Crippen LogP) is 2.67. The molecule has 0 aliphatic carbocycles. The van der Waals surface area contributed by atoms with Gasteiger partial charge in [0.25, 0.3) is 0 Å². The molecule has 4 nitrogen and oxygen atoms in total. The van der Waals surface area contributed by atoms with Crippen LogP contribution in [0.3, 0.4) is 0 Å². The maximum atomic E-state index is 10.1. The first-order valence-corrected chi connectivity index (χ1v) is 5.55. The maximum absolute atomic E-state index is 10.1. The molecular formula is C14H12O4. The number of hydrogen-bond donors (Lipinski definition) is 2. The van der Waals surface area contributed by atoms with Crippen molar-refractivity contribution in [3.63, 3.8) is 0 Å². The molecule has 0 spiro atoms. The summed E-state index contributed by atoms with van der Waals surface area (Å²) in [6.07, 6.45) is 0. The molecule has 0 aromatic heterocycles. The molecular weight excluding hydrogens is 232 g/mol. The summed E-state index contributed by atoms with van der Waals surface area (Å²) in [5.74, 6) is 1.43. The lowest BCUT2D eigenvalue weighted by Gasteiger charge is -2.22. The van der Waals surface area contributed by atoms with Crippen LogP contribution in [0.5, 0.6) is 23.0 Å². The van der Waals surface area contributed by atoms with Crippen molar-refractivity contribution < 1.29 is 19.7 Å². The normalized spacial score (nSPS) is 12.3. The molecule has 0 bridgehead atoms. The van der Waals surface area contributed by atoms with E-state index in [2.05, 4.69) is 0 Å². The zero-order valence-electron chi connectivity index (χ0n) is 9.80. The Kier molecular flexibility index (Phi) is 2.30. The van der Waals surface area contributed by atoms with E-state index in [4.69, 9.17) is 9.47 Å². The van der Waals surface area contributed by atoms with E-state index >= 15 is 0 Å². The van der Waals surface area contributed by atoms with Gasteiger partial charge in [-0.25, -0.2) is 0 Å². The van der Waals surface area contributed by atoms with E-state index in [-0.39, 0.29) is 11.5 Å². The largest absolute Gasteiger partial charge is 0.508 e. The second kappa shape index (κ2) is 3.84. The summed E-state index contributed by atoms with van der Waals surface area (Å²) in [7, 11) is 1.54. The molecule has 1 heterocycles. The first kappa shape index (κ1) is 10.8. The minimum atomic E-state index is 0.107. The minimum absolute atomic E-state index is 0.107. The van der Waals surface area contributed by atoms with Crippen LogP contribution < -0.4 is 9.47 Å². The fourth-order valence-corrected chi connectivity index (χ4v) is 2.18. The van der Waals surface area contributed by atoms with Crippen molar-refractivity contribution in [3.05, 3.63) is 35.9 Å². The lowest BCUT2D eigenvalue weighted by Crippen LogP contribution is -2.05. The molecule has 2 aromatic carbocycles. The Morgan fingerprint density at radius 2 is 2.00 bits per heavy atom. The van der Waals surface area contributed by atoms with Gasteiger partial charge in [0.05, 0.1) is 12.7 Å². The number of phenolic OH excluding ortho intramolecular Hbond substituents is 2. The zero-order valence-corrected chi connectivity index (χ0v) is 9.80. The van der Waals surface area contributed by atoms with Crippen molar-refractivity contribution in [3.8, 4) is 34.1 Å². The van der Waals surface area contributed by atoms with E-state index in [1.165, 1.54) is 7.11 Å². The Morgan fingerprint density at radius 3 is 2.78 bits per heavy atom. The number of rotatable bonds is 1.